The van der Waals surface area contributed by atoms with Crippen LogP contribution in [0.1, 0.15) is 10.5 Å². The van der Waals surface area contributed by atoms with E-state index < -0.39 is 5.97 Å². The van der Waals surface area contributed by atoms with Gasteiger partial charge in [-0.15, -0.1) is 5.10 Å². The Balaban J connectivity index is 1.80. The van der Waals surface area contributed by atoms with Crippen molar-refractivity contribution in [3.05, 3.63) is 42.4 Å². The first kappa shape index (κ1) is 12.9. The fourth-order valence-corrected chi connectivity index (χ4v) is 1.76. The first-order valence-electron chi connectivity index (χ1n) is 6.04. The predicted molar refractivity (Wildman–Crippen MR) is 71.8 cm³/mol. The van der Waals surface area contributed by atoms with Crippen LogP contribution in [0.2, 0.25) is 0 Å². The van der Waals surface area contributed by atoms with Crippen LogP contribution in [0.25, 0.3) is 11.1 Å². The van der Waals surface area contributed by atoms with Crippen LogP contribution in [-0.2, 0) is 4.74 Å². The van der Waals surface area contributed by atoms with E-state index in [2.05, 4.69) is 30.3 Å². The maximum Gasteiger partial charge on any atom is 0.364 e. The van der Waals surface area contributed by atoms with Crippen LogP contribution in [0.4, 0.5) is 0 Å². The van der Waals surface area contributed by atoms with Gasteiger partial charge in [0.25, 0.3) is 5.88 Å². The highest BCUT2D eigenvalue weighted by Crippen LogP contribution is 2.25. The number of esters is 1. The smallest absolute Gasteiger partial charge is 0.364 e. The fourth-order valence-electron chi connectivity index (χ4n) is 1.76. The largest absolute Gasteiger partial charge is 0.464 e. The van der Waals surface area contributed by atoms with Crippen LogP contribution < -0.4 is 4.74 Å². The van der Waals surface area contributed by atoms with Gasteiger partial charge >= 0.3 is 5.97 Å². The molecule has 0 atom stereocenters. The molecule has 8 nitrogen and oxygen atoms in total. The van der Waals surface area contributed by atoms with Crippen LogP contribution in [0.15, 0.2) is 36.7 Å². The molecular formula is C13H11N5O3. The number of carbonyl (C=O) groups excluding carboxylic acids is 1. The number of benzene rings is 1. The molecule has 0 aliphatic carbocycles. The molecule has 0 bridgehead atoms. The normalized spacial score (nSPS) is 10.3. The number of hydrogen-bond acceptors (Lipinski definition) is 6. The molecule has 21 heavy (non-hydrogen) atoms. The third-order valence-corrected chi connectivity index (χ3v) is 2.80. The van der Waals surface area contributed by atoms with Gasteiger partial charge in [0.05, 0.1) is 13.3 Å². The number of ether oxygens (including phenoxy) is 2. The number of carbonyl (C=O) groups is 1. The maximum absolute atomic E-state index is 11.5. The van der Waals surface area contributed by atoms with E-state index in [4.69, 9.17) is 4.74 Å². The summed E-state index contributed by atoms with van der Waals surface area (Å²) in [7, 11) is 1.26. The Morgan fingerprint density at radius 3 is 2.67 bits per heavy atom. The van der Waals surface area contributed by atoms with Crippen molar-refractivity contribution >= 4 is 5.97 Å². The lowest BCUT2D eigenvalue weighted by Crippen LogP contribution is -2.03. The zero-order valence-corrected chi connectivity index (χ0v) is 11.0. The van der Waals surface area contributed by atoms with E-state index in [9.17, 15) is 4.79 Å². The predicted octanol–water partition coefficient (Wildman–Crippen LogP) is 1.77. The van der Waals surface area contributed by atoms with Gasteiger partial charge in [-0.3, -0.25) is 5.10 Å². The lowest BCUT2D eigenvalue weighted by Gasteiger charge is -2.04. The molecule has 0 spiro atoms. The summed E-state index contributed by atoms with van der Waals surface area (Å²) in [6.45, 7) is 0. The number of H-pyrrole nitrogens is 2. The van der Waals surface area contributed by atoms with Gasteiger partial charge in [-0.2, -0.15) is 5.10 Å². The third-order valence-electron chi connectivity index (χ3n) is 2.80. The van der Waals surface area contributed by atoms with Gasteiger partial charge in [-0.25, -0.2) is 9.89 Å². The van der Waals surface area contributed by atoms with Gasteiger partial charge in [-0.1, -0.05) is 17.3 Å². The van der Waals surface area contributed by atoms with Crippen molar-refractivity contribution in [3.63, 3.8) is 0 Å². The highest BCUT2D eigenvalue weighted by molar-refractivity contribution is 5.89. The quantitative estimate of drug-likeness (QED) is 0.708. The number of nitrogens with zero attached hydrogens (tertiary/aromatic N) is 3. The molecule has 0 unspecified atom stereocenters. The highest BCUT2D eigenvalue weighted by Gasteiger charge is 2.18. The molecule has 106 valence electrons. The minimum Gasteiger partial charge on any atom is -0.464 e. The molecular weight excluding hydrogens is 274 g/mol. The van der Waals surface area contributed by atoms with Crippen LogP contribution in [0.5, 0.6) is 11.6 Å². The highest BCUT2D eigenvalue weighted by atomic mass is 16.5. The lowest BCUT2D eigenvalue weighted by molar-refractivity contribution is 0.0591. The SMILES string of the molecule is COC(=O)c1nn[nH]c1Oc1ccc(-c2cn[nH]c2)cc1. The number of aromatic amines is 2. The second-order valence-electron chi connectivity index (χ2n) is 4.09. The van der Waals surface area contributed by atoms with Crippen molar-refractivity contribution in [1.82, 2.24) is 25.6 Å². The molecule has 0 aliphatic heterocycles. The lowest BCUT2D eigenvalue weighted by atomic mass is 10.1. The molecule has 2 heterocycles. The minimum atomic E-state index is -0.617. The summed E-state index contributed by atoms with van der Waals surface area (Å²) >= 11 is 0. The first-order valence-corrected chi connectivity index (χ1v) is 6.04. The molecule has 1 aromatic carbocycles. The molecule has 2 aromatic heterocycles. The van der Waals surface area contributed by atoms with Gasteiger partial charge in [0.15, 0.2) is 0 Å². The van der Waals surface area contributed by atoms with Gasteiger partial charge in [0.1, 0.15) is 5.75 Å². The van der Waals surface area contributed by atoms with Gasteiger partial charge in [-0.05, 0) is 17.7 Å². The van der Waals surface area contributed by atoms with Crippen LogP contribution >= 0.6 is 0 Å². The summed E-state index contributed by atoms with van der Waals surface area (Å²) in [4.78, 5) is 11.5. The molecule has 3 rings (SSSR count). The summed E-state index contributed by atoms with van der Waals surface area (Å²) < 4.78 is 10.1. The van der Waals surface area contributed by atoms with Crippen LogP contribution in [0, 0.1) is 0 Å². The van der Waals surface area contributed by atoms with E-state index in [1.165, 1.54) is 7.11 Å². The Hall–Kier alpha value is -3.16. The van der Waals surface area contributed by atoms with E-state index in [1.807, 2.05) is 12.1 Å². The summed E-state index contributed by atoms with van der Waals surface area (Å²) in [6, 6.07) is 7.29. The van der Waals surface area contributed by atoms with Crippen LogP contribution in [0.3, 0.4) is 0 Å². The molecule has 0 fully saturated rings. The van der Waals surface area contributed by atoms with E-state index in [0.717, 1.165) is 11.1 Å². The van der Waals surface area contributed by atoms with Gasteiger partial charge in [0.2, 0.25) is 5.69 Å². The third kappa shape index (κ3) is 2.59. The van der Waals surface area contributed by atoms with Crippen molar-refractivity contribution in [2.75, 3.05) is 7.11 Å². The van der Waals surface area contributed by atoms with Crippen molar-refractivity contribution in [3.8, 4) is 22.8 Å². The summed E-state index contributed by atoms with van der Waals surface area (Å²) in [5.41, 5.74) is 1.96. The van der Waals surface area contributed by atoms with Crippen molar-refractivity contribution in [2.45, 2.75) is 0 Å². The van der Waals surface area contributed by atoms with E-state index >= 15 is 0 Å². The number of rotatable bonds is 4. The van der Waals surface area contributed by atoms with E-state index in [1.54, 1.807) is 24.5 Å². The Morgan fingerprint density at radius 2 is 2.00 bits per heavy atom. The monoisotopic (exact) mass is 285 g/mol. The van der Waals surface area contributed by atoms with Crippen molar-refractivity contribution in [2.24, 2.45) is 0 Å². The van der Waals surface area contributed by atoms with Crippen molar-refractivity contribution < 1.29 is 14.3 Å². The van der Waals surface area contributed by atoms with Gasteiger partial charge in [0, 0.05) is 11.8 Å². The number of nitrogens with one attached hydrogen (secondary N) is 2. The molecule has 0 radical (unpaired) electrons. The average molecular weight is 285 g/mol. The number of aromatic nitrogens is 5. The minimum absolute atomic E-state index is 0.00332. The second kappa shape index (κ2) is 5.45. The summed E-state index contributed by atoms with van der Waals surface area (Å²) in [5, 5.41) is 16.3. The Morgan fingerprint density at radius 1 is 1.19 bits per heavy atom. The molecule has 3 aromatic rings. The molecule has 0 saturated heterocycles. The zero-order valence-electron chi connectivity index (χ0n) is 11.0. The Bertz CT molecular complexity index is 734. The van der Waals surface area contributed by atoms with Gasteiger partial charge < -0.3 is 9.47 Å². The fraction of sp³-hybridized carbons (Fsp3) is 0.0769. The number of methoxy groups -OCH3 is 1. The summed E-state index contributed by atoms with van der Waals surface area (Å²) in [6.07, 6.45) is 3.52. The maximum atomic E-state index is 11.5. The first-order chi connectivity index (χ1) is 10.3. The second-order valence-corrected chi connectivity index (χ2v) is 4.09. The zero-order chi connectivity index (χ0) is 14.7. The van der Waals surface area contributed by atoms with Crippen LogP contribution in [-0.4, -0.2) is 38.7 Å². The Kier molecular flexibility index (Phi) is 3.34. The molecule has 0 amide bonds. The Labute approximate surface area is 119 Å². The molecule has 0 aliphatic rings. The van der Waals surface area contributed by atoms with Crippen molar-refractivity contribution in [1.29, 1.82) is 0 Å². The molecule has 2 N–H and O–H groups in total. The standard InChI is InChI=1S/C13H11N5O3/c1-20-13(19)11-12(17-18-16-11)21-10-4-2-8(3-5-10)9-6-14-15-7-9/h2-7H,1H3,(H,14,15)(H,16,17,18). The van der Waals surface area contributed by atoms with E-state index in [-0.39, 0.29) is 11.6 Å². The average Bonchev–Trinajstić information content (AvgIpc) is 3.18. The molecule has 0 saturated carbocycles. The molecule has 8 heteroatoms. The number of hydrogen-bond donors (Lipinski definition) is 2. The van der Waals surface area contributed by atoms with E-state index in [0.29, 0.717) is 5.75 Å². The topological polar surface area (TPSA) is 106 Å². The summed E-state index contributed by atoms with van der Waals surface area (Å²) in [5.74, 6) is 0.0603.